The lowest BCUT2D eigenvalue weighted by Crippen LogP contribution is -1.98. The Bertz CT molecular complexity index is 450. The Kier molecular flexibility index (Phi) is 3.80. The second-order valence-corrected chi connectivity index (χ2v) is 4.20. The number of hydrogen-bond acceptors (Lipinski definition) is 3. The van der Waals surface area contributed by atoms with E-state index in [0.717, 1.165) is 40.6 Å². The van der Waals surface area contributed by atoms with Gasteiger partial charge in [0, 0.05) is 0 Å². The molecule has 1 aliphatic carbocycles. The Balaban J connectivity index is 2.53. The summed E-state index contributed by atoms with van der Waals surface area (Å²) in [5.41, 5.74) is 2.07. The molecule has 0 aliphatic heterocycles. The highest BCUT2D eigenvalue weighted by molar-refractivity contribution is 5.79. The first-order valence-corrected chi connectivity index (χ1v) is 6.45. The lowest BCUT2D eigenvalue weighted by molar-refractivity contribution is 0.293. The van der Waals surface area contributed by atoms with Crippen LogP contribution >= 0.6 is 0 Å². The van der Waals surface area contributed by atoms with E-state index in [1.54, 1.807) is 0 Å². The standard InChI is InChI=1S/C15H20O3/c1-5-16-12-8-7-9-13(17-6-2)15-11(4)18-10(3)14(12)15/h8-9H,5-7H2,1-4H3. The molecule has 1 aromatic heterocycles. The van der Waals surface area contributed by atoms with Crippen LogP contribution < -0.4 is 0 Å². The van der Waals surface area contributed by atoms with Gasteiger partial charge in [-0.1, -0.05) is 0 Å². The second kappa shape index (κ2) is 5.34. The summed E-state index contributed by atoms with van der Waals surface area (Å²) < 4.78 is 17.2. The molecule has 0 amide bonds. The van der Waals surface area contributed by atoms with Crippen molar-refractivity contribution >= 4 is 11.5 Å². The number of allylic oxidation sites excluding steroid dienone is 2. The van der Waals surface area contributed by atoms with E-state index < -0.39 is 0 Å². The molecule has 0 aromatic carbocycles. The molecule has 0 bridgehead atoms. The Morgan fingerprint density at radius 2 is 1.39 bits per heavy atom. The first kappa shape index (κ1) is 12.8. The molecule has 2 rings (SSSR count). The summed E-state index contributed by atoms with van der Waals surface area (Å²) in [6.07, 6.45) is 4.98. The maximum Gasteiger partial charge on any atom is 0.127 e. The first-order chi connectivity index (χ1) is 8.69. The van der Waals surface area contributed by atoms with E-state index in [0.29, 0.717) is 13.2 Å². The molecule has 0 fully saturated rings. The van der Waals surface area contributed by atoms with Crippen LogP contribution in [0.4, 0.5) is 0 Å². The molecule has 98 valence electrons. The molecule has 0 spiro atoms. The summed E-state index contributed by atoms with van der Waals surface area (Å²) in [5, 5.41) is 0. The molecule has 0 radical (unpaired) electrons. The summed E-state index contributed by atoms with van der Waals surface area (Å²) in [6, 6.07) is 0. The molecule has 0 unspecified atom stereocenters. The maximum absolute atomic E-state index is 5.73. The average molecular weight is 248 g/mol. The predicted octanol–water partition coefficient (Wildman–Crippen LogP) is 4.05. The van der Waals surface area contributed by atoms with Crippen LogP contribution in [0.1, 0.15) is 42.9 Å². The van der Waals surface area contributed by atoms with E-state index in [2.05, 4.69) is 12.2 Å². The van der Waals surface area contributed by atoms with Gasteiger partial charge in [-0.3, -0.25) is 0 Å². The van der Waals surface area contributed by atoms with Gasteiger partial charge in [0.1, 0.15) is 23.0 Å². The summed E-state index contributed by atoms with van der Waals surface area (Å²) in [4.78, 5) is 0. The van der Waals surface area contributed by atoms with Crippen LogP contribution in [-0.2, 0) is 9.47 Å². The van der Waals surface area contributed by atoms with Gasteiger partial charge >= 0.3 is 0 Å². The van der Waals surface area contributed by atoms with Crippen LogP contribution in [0, 0.1) is 13.8 Å². The fourth-order valence-electron chi connectivity index (χ4n) is 2.33. The third-order valence-electron chi connectivity index (χ3n) is 2.96. The van der Waals surface area contributed by atoms with Crippen LogP contribution in [0.3, 0.4) is 0 Å². The highest BCUT2D eigenvalue weighted by Crippen LogP contribution is 2.37. The number of rotatable bonds is 4. The van der Waals surface area contributed by atoms with Crippen LogP contribution in [-0.4, -0.2) is 13.2 Å². The van der Waals surface area contributed by atoms with Gasteiger partial charge in [0.2, 0.25) is 0 Å². The van der Waals surface area contributed by atoms with Crippen molar-refractivity contribution in [2.45, 2.75) is 34.1 Å². The Hall–Kier alpha value is -1.64. The van der Waals surface area contributed by atoms with Gasteiger partial charge in [-0.15, -0.1) is 0 Å². The third kappa shape index (κ3) is 2.17. The summed E-state index contributed by atoms with van der Waals surface area (Å²) in [5.74, 6) is 3.56. The number of hydrogen-bond donors (Lipinski definition) is 0. The molecule has 18 heavy (non-hydrogen) atoms. The summed E-state index contributed by atoms with van der Waals surface area (Å²) >= 11 is 0. The normalized spacial score (nSPS) is 14.4. The lowest BCUT2D eigenvalue weighted by Gasteiger charge is -2.11. The van der Waals surface area contributed by atoms with Crippen molar-refractivity contribution in [2.75, 3.05) is 13.2 Å². The van der Waals surface area contributed by atoms with Crippen molar-refractivity contribution in [3.8, 4) is 0 Å². The van der Waals surface area contributed by atoms with Gasteiger partial charge in [-0.2, -0.15) is 0 Å². The lowest BCUT2D eigenvalue weighted by atomic mass is 10.1. The van der Waals surface area contributed by atoms with Crippen molar-refractivity contribution in [3.05, 3.63) is 34.8 Å². The molecule has 3 heteroatoms. The molecule has 0 saturated carbocycles. The zero-order valence-electron chi connectivity index (χ0n) is 11.5. The molecule has 0 N–H and O–H groups in total. The van der Waals surface area contributed by atoms with E-state index in [1.807, 2.05) is 27.7 Å². The minimum atomic E-state index is 0.652. The highest BCUT2D eigenvalue weighted by Gasteiger charge is 2.24. The molecule has 1 aliphatic rings. The van der Waals surface area contributed by atoms with E-state index >= 15 is 0 Å². The zero-order chi connectivity index (χ0) is 13.1. The van der Waals surface area contributed by atoms with Gasteiger partial charge in [0.25, 0.3) is 0 Å². The molecular weight excluding hydrogens is 228 g/mol. The van der Waals surface area contributed by atoms with Crippen LogP contribution in [0.15, 0.2) is 16.6 Å². The maximum atomic E-state index is 5.73. The van der Waals surface area contributed by atoms with Crippen molar-refractivity contribution in [1.82, 2.24) is 0 Å². The average Bonchev–Trinajstić information content (AvgIpc) is 2.52. The van der Waals surface area contributed by atoms with E-state index in [9.17, 15) is 0 Å². The fraction of sp³-hybridized carbons (Fsp3) is 0.467. The van der Waals surface area contributed by atoms with Gasteiger partial charge in [-0.25, -0.2) is 0 Å². The SMILES string of the molecule is CCOC1=CCC=C(OCC)c2c(C)oc(C)c21. The van der Waals surface area contributed by atoms with Crippen LogP contribution in [0.5, 0.6) is 0 Å². The van der Waals surface area contributed by atoms with Gasteiger partial charge < -0.3 is 13.9 Å². The fourth-order valence-corrected chi connectivity index (χ4v) is 2.33. The van der Waals surface area contributed by atoms with Gasteiger partial charge in [-0.05, 0) is 46.3 Å². The Morgan fingerprint density at radius 1 is 0.944 bits per heavy atom. The van der Waals surface area contributed by atoms with Crippen molar-refractivity contribution in [2.24, 2.45) is 0 Å². The van der Waals surface area contributed by atoms with Crippen molar-refractivity contribution in [1.29, 1.82) is 0 Å². The van der Waals surface area contributed by atoms with Crippen LogP contribution in [0.2, 0.25) is 0 Å². The van der Waals surface area contributed by atoms with E-state index in [-0.39, 0.29) is 0 Å². The van der Waals surface area contributed by atoms with Crippen LogP contribution in [0.25, 0.3) is 11.5 Å². The van der Waals surface area contributed by atoms with Gasteiger partial charge in [0.15, 0.2) is 0 Å². The second-order valence-electron chi connectivity index (χ2n) is 4.20. The van der Waals surface area contributed by atoms with Crippen molar-refractivity contribution in [3.63, 3.8) is 0 Å². The molecule has 0 saturated heterocycles. The molecule has 3 nitrogen and oxygen atoms in total. The molecular formula is C15H20O3. The quantitative estimate of drug-likeness (QED) is 0.805. The molecule has 1 heterocycles. The Morgan fingerprint density at radius 3 is 1.78 bits per heavy atom. The number of fused-ring (bicyclic) bond motifs is 1. The smallest absolute Gasteiger partial charge is 0.127 e. The van der Waals surface area contributed by atoms with E-state index in [4.69, 9.17) is 13.9 Å². The first-order valence-electron chi connectivity index (χ1n) is 6.45. The summed E-state index contributed by atoms with van der Waals surface area (Å²) in [7, 11) is 0. The minimum absolute atomic E-state index is 0.652. The monoisotopic (exact) mass is 248 g/mol. The topological polar surface area (TPSA) is 31.6 Å². The van der Waals surface area contributed by atoms with Gasteiger partial charge in [0.05, 0.1) is 24.3 Å². The van der Waals surface area contributed by atoms with Crippen molar-refractivity contribution < 1.29 is 13.9 Å². The number of aryl methyl sites for hydroxylation is 2. The molecule has 0 atom stereocenters. The predicted molar refractivity (Wildman–Crippen MR) is 72.0 cm³/mol. The van der Waals surface area contributed by atoms with E-state index in [1.165, 1.54) is 0 Å². The molecule has 1 aromatic rings. The zero-order valence-corrected chi connectivity index (χ0v) is 11.5. The number of furan rings is 1. The Labute approximate surface area is 108 Å². The summed E-state index contributed by atoms with van der Waals surface area (Å²) in [6.45, 7) is 9.22. The highest BCUT2D eigenvalue weighted by atomic mass is 16.5. The number of ether oxygens (including phenoxy) is 2. The minimum Gasteiger partial charge on any atom is -0.493 e. The third-order valence-corrected chi connectivity index (χ3v) is 2.96. The largest absolute Gasteiger partial charge is 0.493 e.